The predicted octanol–water partition coefficient (Wildman–Crippen LogP) is 3.78. The minimum Gasteiger partial charge on any atom is -0.493 e. The molecule has 1 aromatic rings. The molecule has 0 radical (unpaired) electrons. The third kappa shape index (κ3) is 3.60. The van der Waals surface area contributed by atoms with Gasteiger partial charge >= 0.3 is 0 Å². The Kier molecular flexibility index (Phi) is 6.09. The van der Waals surface area contributed by atoms with Crippen molar-refractivity contribution in [1.29, 1.82) is 0 Å². The highest BCUT2D eigenvalue weighted by atomic mass is 16.5. The van der Waals surface area contributed by atoms with Crippen LogP contribution in [0, 0.1) is 11.8 Å². The van der Waals surface area contributed by atoms with E-state index in [9.17, 15) is 0 Å². The van der Waals surface area contributed by atoms with Crippen LogP contribution in [0.5, 0.6) is 5.75 Å². The summed E-state index contributed by atoms with van der Waals surface area (Å²) in [6.07, 6.45) is 9.64. The summed E-state index contributed by atoms with van der Waals surface area (Å²) < 4.78 is 7.70. The Hall–Kier alpha value is -1.03. The topological polar surface area (TPSA) is 39.1 Å². The molecule has 0 spiro atoms. The lowest BCUT2D eigenvalue weighted by molar-refractivity contribution is 0.215. The number of methoxy groups -OCH3 is 1. The van der Waals surface area contributed by atoms with Gasteiger partial charge in [0.25, 0.3) is 0 Å². The highest BCUT2D eigenvalue weighted by Crippen LogP contribution is 2.40. The number of nitrogens with one attached hydrogen (secondary N) is 1. The maximum atomic E-state index is 5.56. The second-order valence-electron chi connectivity index (χ2n) is 6.28. The van der Waals surface area contributed by atoms with Crippen LogP contribution in [0.4, 0.5) is 0 Å². The Morgan fingerprint density at radius 1 is 1.33 bits per heavy atom. The zero-order chi connectivity index (χ0) is 15.2. The van der Waals surface area contributed by atoms with E-state index < -0.39 is 0 Å². The van der Waals surface area contributed by atoms with E-state index in [0.717, 1.165) is 24.6 Å². The first-order chi connectivity index (χ1) is 10.2. The Morgan fingerprint density at radius 2 is 2.05 bits per heavy atom. The SMILES string of the molecule is CCCn1ncc(OC)c1C(NC)C1CCC(CC)CC1. The molecule has 0 aliphatic heterocycles. The molecule has 1 aromatic heterocycles. The first-order valence-corrected chi connectivity index (χ1v) is 8.52. The summed E-state index contributed by atoms with van der Waals surface area (Å²) in [4.78, 5) is 0. The van der Waals surface area contributed by atoms with Gasteiger partial charge in [-0.05, 0) is 38.1 Å². The summed E-state index contributed by atoms with van der Waals surface area (Å²) in [6, 6.07) is 0.354. The van der Waals surface area contributed by atoms with Crippen molar-refractivity contribution in [1.82, 2.24) is 15.1 Å². The number of hydrogen-bond donors (Lipinski definition) is 1. The molecular formula is C17H31N3O. The average molecular weight is 293 g/mol. The van der Waals surface area contributed by atoms with Gasteiger partial charge in [-0.2, -0.15) is 5.10 Å². The van der Waals surface area contributed by atoms with E-state index in [4.69, 9.17) is 4.74 Å². The minimum absolute atomic E-state index is 0.354. The van der Waals surface area contributed by atoms with Crippen molar-refractivity contribution in [3.8, 4) is 5.75 Å². The van der Waals surface area contributed by atoms with Crippen LogP contribution in [-0.4, -0.2) is 23.9 Å². The molecule has 1 fully saturated rings. The number of aryl methyl sites for hydroxylation is 1. The number of nitrogens with zero attached hydrogens (tertiary/aromatic N) is 2. The summed E-state index contributed by atoms with van der Waals surface area (Å²) >= 11 is 0. The van der Waals surface area contributed by atoms with Gasteiger partial charge in [-0.15, -0.1) is 0 Å². The van der Waals surface area contributed by atoms with Crippen molar-refractivity contribution < 1.29 is 4.74 Å². The smallest absolute Gasteiger partial charge is 0.161 e. The lowest BCUT2D eigenvalue weighted by Gasteiger charge is -2.34. The van der Waals surface area contributed by atoms with Gasteiger partial charge in [-0.1, -0.05) is 33.1 Å². The zero-order valence-electron chi connectivity index (χ0n) is 14.1. The number of rotatable bonds is 7. The molecule has 21 heavy (non-hydrogen) atoms. The van der Waals surface area contributed by atoms with E-state index in [0.29, 0.717) is 12.0 Å². The van der Waals surface area contributed by atoms with Crippen LogP contribution in [0.3, 0.4) is 0 Å². The van der Waals surface area contributed by atoms with Crippen molar-refractivity contribution >= 4 is 0 Å². The Labute approximate surface area is 129 Å². The van der Waals surface area contributed by atoms with Gasteiger partial charge in [0.1, 0.15) is 0 Å². The summed E-state index contributed by atoms with van der Waals surface area (Å²) in [6.45, 7) is 5.47. The van der Waals surface area contributed by atoms with Crippen molar-refractivity contribution in [3.63, 3.8) is 0 Å². The van der Waals surface area contributed by atoms with Crippen LogP contribution >= 0.6 is 0 Å². The fourth-order valence-corrected chi connectivity index (χ4v) is 3.76. The van der Waals surface area contributed by atoms with E-state index in [1.807, 2.05) is 6.20 Å². The lowest BCUT2D eigenvalue weighted by atomic mass is 9.77. The van der Waals surface area contributed by atoms with Crippen molar-refractivity contribution in [2.75, 3.05) is 14.2 Å². The Bertz CT molecular complexity index is 422. The molecule has 0 saturated heterocycles. The fraction of sp³-hybridized carbons (Fsp3) is 0.824. The van der Waals surface area contributed by atoms with E-state index in [2.05, 4.69) is 36.0 Å². The summed E-state index contributed by atoms with van der Waals surface area (Å²) in [5.41, 5.74) is 1.24. The molecule has 1 N–H and O–H groups in total. The van der Waals surface area contributed by atoms with E-state index in [1.54, 1.807) is 7.11 Å². The van der Waals surface area contributed by atoms with Crippen molar-refractivity contribution in [3.05, 3.63) is 11.9 Å². The van der Waals surface area contributed by atoms with Crippen LogP contribution in [-0.2, 0) is 6.54 Å². The molecule has 2 rings (SSSR count). The van der Waals surface area contributed by atoms with Gasteiger partial charge in [-0.25, -0.2) is 0 Å². The molecule has 0 bridgehead atoms. The van der Waals surface area contributed by atoms with Gasteiger partial charge in [0, 0.05) is 6.54 Å². The van der Waals surface area contributed by atoms with Gasteiger partial charge in [0.2, 0.25) is 0 Å². The van der Waals surface area contributed by atoms with E-state index in [-0.39, 0.29) is 0 Å². The summed E-state index contributed by atoms with van der Waals surface area (Å²) in [7, 11) is 3.82. The highest BCUT2D eigenvalue weighted by molar-refractivity contribution is 5.29. The minimum atomic E-state index is 0.354. The van der Waals surface area contributed by atoms with Crippen molar-refractivity contribution in [2.24, 2.45) is 11.8 Å². The molecule has 1 heterocycles. The maximum Gasteiger partial charge on any atom is 0.161 e. The Balaban J connectivity index is 2.18. The first-order valence-electron chi connectivity index (χ1n) is 8.52. The monoisotopic (exact) mass is 293 g/mol. The molecule has 0 amide bonds. The quantitative estimate of drug-likeness (QED) is 0.831. The predicted molar refractivity (Wildman–Crippen MR) is 86.6 cm³/mol. The molecular weight excluding hydrogens is 262 g/mol. The third-order valence-corrected chi connectivity index (χ3v) is 5.05. The lowest BCUT2D eigenvalue weighted by Crippen LogP contribution is -2.31. The van der Waals surface area contributed by atoms with Gasteiger partial charge in [-0.3, -0.25) is 4.68 Å². The van der Waals surface area contributed by atoms with Crippen LogP contribution in [0.25, 0.3) is 0 Å². The second kappa shape index (κ2) is 7.83. The average Bonchev–Trinajstić information content (AvgIpc) is 2.92. The zero-order valence-corrected chi connectivity index (χ0v) is 14.1. The largest absolute Gasteiger partial charge is 0.493 e. The third-order valence-electron chi connectivity index (χ3n) is 5.05. The van der Waals surface area contributed by atoms with Gasteiger partial charge in [0.05, 0.1) is 25.0 Å². The van der Waals surface area contributed by atoms with E-state index in [1.165, 1.54) is 37.8 Å². The molecule has 1 atom stereocenters. The number of ether oxygens (including phenoxy) is 1. The molecule has 120 valence electrons. The number of aromatic nitrogens is 2. The normalized spacial score (nSPS) is 24.0. The van der Waals surface area contributed by atoms with Gasteiger partial charge < -0.3 is 10.1 Å². The second-order valence-corrected chi connectivity index (χ2v) is 6.28. The van der Waals surface area contributed by atoms with Gasteiger partial charge in [0.15, 0.2) is 5.75 Å². The first kappa shape index (κ1) is 16.3. The molecule has 1 unspecified atom stereocenters. The summed E-state index contributed by atoms with van der Waals surface area (Å²) in [5.74, 6) is 2.56. The molecule has 4 heteroatoms. The highest BCUT2D eigenvalue weighted by Gasteiger charge is 2.31. The Morgan fingerprint density at radius 3 is 2.57 bits per heavy atom. The molecule has 1 aliphatic carbocycles. The van der Waals surface area contributed by atoms with Crippen LogP contribution in [0.15, 0.2) is 6.20 Å². The molecule has 0 aromatic carbocycles. The van der Waals surface area contributed by atoms with E-state index >= 15 is 0 Å². The standard InChI is InChI=1S/C17H31N3O/c1-5-11-20-17(15(21-4)12-19-20)16(18-3)14-9-7-13(6-2)8-10-14/h12-14,16,18H,5-11H2,1-4H3. The number of hydrogen-bond acceptors (Lipinski definition) is 3. The fourth-order valence-electron chi connectivity index (χ4n) is 3.76. The van der Waals surface area contributed by atoms with Crippen LogP contribution in [0.1, 0.15) is 64.1 Å². The molecule has 4 nitrogen and oxygen atoms in total. The summed E-state index contributed by atoms with van der Waals surface area (Å²) in [5, 5.41) is 8.06. The maximum absolute atomic E-state index is 5.56. The molecule has 1 aliphatic rings. The van der Waals surface area contributed by atoms with Crippen LogP contribution < -0.4 is 10.1 Å². The van der Waals surface area contributed by atoms with Crippen molar-refractivity contribution in [2.45, 2.75) is 65.0 Å². The van der Waals surface area contributed by atoms with Crippen LogP contribution in [0.2, 0.25) is 0 Å². The molecule has 1 saturated carbocycles.